The molecule has 3 heterocycles. The molecule has 0 spiro atoms. The summed E-state index contributed by atoms with van der Waals surface area (Å²) in [7, 11) is -3.04. The van der Waals surface area contributed by atoms with Crippen LogP contribution in [-0.4, -0.2) is 60.8 Å². The van der Waals surface area contributed by atoms with Crippen molar-refractivity contribution < 1.29 is 18.0 Å². The lowest BCUT2D eigenvalue weighted by Gasteiger charge is -2.15. The predicted octanol–water partition coefficient (Wildman–Crippen LogP) is 0.235. The Morgan fingerprint density at radius 3 is 2.65 bits per heavy atom. The second-order valence-electron chi connectivity index (χ2n) is 6.00. The highest BCUT2D eigenvalue weighted by Crippen LogP contribution is 2.14. The lowest BCUT2D eigenvalue weighted by atomic mass is 10.2. The fourth-order valence-corrected chi connectivity index (χ4v) is 4.62. The molecule has 2 fully saturated rings. The summed E-state index contributed by atoms with van der Waals surface area (Å²) >= 11 is 0. The molecular formula is C15H19N3O4S. The van der Waals surface area contributed by atoms with Gasteiger partial charge < -0.3 is 10.2 Å². The molecule has 0 saturated carbocycles. The Kier molecular flexibility index (Phi) is 4.34. The summed E-state index contributed by atoms with van der Waals surface area (Å²) in [5.74, 6) is -0.457. The van der Waals surface area contributed by atoms with Crippen LogP contribution in [0.3, 0.4) is 0 Å². The minimum atomic E-state index is -3.04. The summed E-state index contributed by atoms with van der Waals surface area (Å²) < 4.78 is 22.9. The van der Waals surface area contributed by atoms with Gasteiger partial charge in [-0.25, -0.2) is 8.42 Å². The van der Waals surface area contributed by atoms with Gasteiger partial charge in [-0.05, 0) is 31.4 Å². The van der Waals surface area contributed by atoms with E-state index in [1.165, 1.54) is 18.3 Å². The molecule has 8 heteroatoms. The van der Waals surface area contributed by atoms with Crippen molar-refractivity contribution in [2.24, 2.45) is 0 Å². The third-order valence-electron chi connectivity index (χ3n) is 4.20. The van der Waals surface area contributed by atoms with Crippen molar-refractivity contribution in [1.29, 1.82) is 0 Å². The van der Waals surface area contributed by atoms with Crippen LogP contribution < -0.4 is 5.32 Å². The van der Waals surface area contributed by atoms with Gasteiger partial charge in [-0.1, -0.05) is 0 Å². The van der Waals surface area contributed by atoms with E-state index in [1.807, 2.05) is 0 Å². The van der Waals surface area contributed by atoms with Gasteiger partial charge in [0.25, 0.3) is 11.8 Å². The van der Waals surface area contributed by atoms with Gasteiger partial charge in [-0.3, -0.25) is 14.6 Å². The van der Waals surface area contributed by atoms with Gasteiger partial charge in [0.1, 0.15) is 5.69 Å². The quantitative estimate of drug-likeness (QED) is 0.852. The molecule has 1 unspecified atom stereocenters. The third-order valence-corrected chi connectivity index (χ3v) is 5.97. The number of nitrogens with zero attached hydrogens (tertiary/aromatic N) is 2. The fourth-order valence-electron chi connectivity index (χ4n) is 2.95. The fraction of sp³-hybridized carbons (Fsp3) is 0.533. The van der Waals surface area contributed by atoms with Crippen molar-refractivity contribution in [3.8, 4) is 0 Å². The van der Waals surface area contributed by atoms with Crippen LogP contribution in [0, 0.1) is 0 Å². The molecule has 124 valence electrons. The van der Waals surface area contributed by atoms with Crippen molar-refractivity contribution in [3.63, 3.8) is 0 Å². The molecule has 0 bridgehead atoms. The van der Waals surface area contributed by atoms with Crippen LogP contribution in [-0.2, 0) is 9.84 Å². The zero-order chi connectivity index (χ0) is 16.4. The van der Waals surface area contributed by atoms with Crippen LogP contribution in [0.2, 0.25) is 0 Å². The van der Waals surface area contributed by atoms with E-state index in [0.717, 1.165) is 25.9 Å². The van der Waals surface area contributed by atoms with Gasteiger partial charge in [-0.15, -0.1) is 0 Å². The number of amides is 2. The van der Waals surface area contributed by atoms with Crippen molar-refractivity contribution in [3.05, 3.63) is 29.6 Å². The smallest absolute Gasteiger partial charge is 0.272 e. The summed E-state index contributed by atoms with van der Waals surface area (Å²) in [6, 6.07) is 2.64. The summed E-state index contributed by atoms with van der Waals surface area (Å²) in [6.07, 6.45) is 3.84. The molecule has 23 heavy (non-hydrogen) atoms. The molecule has 2 aliphatic heterocycles. The number of carbonyl (C=O) groups is 2. The molecule has 0 aliphatic carbocycles. The Balaban J connectivity index is 1.69. The third kappa shape index (κ3) is 3.69. The minimum absolute atomic E-state index is 0.0244. The first-order valence-electron chi connectivity index (χ1n) is 7.71. The standard InChI is InChI=1S/C15H19N3O4S/c19-14(17-12-4-8-23(21,22)10-12)11-3-5-16-13(9-11)15(20)18-6-1-2-7-18/h3,5,9,12H,1-2,4,6-8,10H2,(H,17,19). The molecule has 3 rings (SSSR count). The largest absolute Gasteiger partial charge is 0.348 e. The van der Waals surface area contributed by atoms with Gasteiger partial charge in [0.05, 0.1) is 11.5 Å². The SMILES string of the molecule is O=C(NC1CCS(=O)(=O)C1)c1ccnc(C(=O)N2CCCC2)c1. The Morgan fingerprint density at radius 1 is 1.26 bits per heavy atom. The molecule has 2 aliphatic rings. The number of nitrogens with one attached hydrogen (secondary N) is 1. The number of hydrogen-bond acceptors (Lipinski definition) is 5. The van der Waals surface area contributed by atoms with Gasteiger partial charge >= 0.3 is 0 Å². The average molecular weight is 337 g/mol. The number of hydrogen-bond donors (Lipinski definition) is 1. The molecule has 7 nitrogen and oxygen atoms in total. The van der Waals surface area contributed by atoms with Crippen molar-refractivity contribution in [1.82, 2.24) is 15.2 Å². The molecule has 1 aromatic rings. The summed E-state index contributed by atoms with van der Waals surface area (Å²) in [5.41, 5.74) is 0.574. The Hall–Kier alpha value is -1.96. The number of carbonyl (C=O) groups excluding carboxylic acids is 2. The number of sulfone groups is 1. The van der Waals surface area contributed by atoms with Crippen LogP contribution in [0.4, 0.5) is 0 Å². The summed E-state index contributed by atoms with van der Waals surface area (Å²) in [5, 5.41) is 2.72. The van der Waals surface area contributed by atoms with Crippen LogP contribution in [0.5, 0.6) is 0 Å². The summed E-state index contributed by atoms with van der Waals surface area (Å²) in [4.78, 5) is 30.3. The minimum Gasteiger partial charge on any atom is -0.348 e. The molecule has 0 radical (unpaired) electrons. The van der Waals surface area contributed by atoms with Gasteiger partial charge in [0.2, 0.25) is 0 Å². The van der Waals surface area contributed by atoms with Gasteiger partial charge in [-0.2, -0.15) is 0 Å². The van der Waals surface area contributed by atoms with E-state index in [0.29, 0.717) is 12.0 Å². The average Bonchev–Trinajstić information content (AvgIpc) is 3.16. The molecule has 2 saturated heterocycles. The van der Waals surface area contributed by atoms with E-state index >= 15 is 0 Å². The molecule has 2 amide bonds. The second-order valence-corrected chi connectivity index (χ2v) is 8.23. The Bertz CT molecular complexity index is 726. The highest BCUT2D eigenvalue weighted by molar-refractivity contribution is 7.91. The highest BCUT2D eigenvalue weighted by atomic mass is 32.2. The number of pyridine rings is 1. The molecular weight excluding hydrogens is 318 g/mol. The van der Waals surface area contributed by atoms with Gasteiger partial charge in [0.15, 0.2) is 9.84 Å². The molecule has 1 N–H and O–H groups in total. The van der Waals surface area contributed by atoms with Crippen LogP contribution in [0.15, 0.2) is 18.3 Å². The number of rotatable bonds is 3. The summed E-state index contributed by atoms with van der Waals surface area (Å²) in [6.45, 7) is 1.44. The maximum atomic E-state index is 12.3. The zero-order valence-corrected chi connectivity index (χ0v) is 13.5. The first kappa shape index (κ1) is 15.9. The second kappa shape index (κ2) is 6.27. The number of aromatic nitrogens is 1. The predicted molar refractivity (Wildman–Crippen MR) is 83.9 cm³/mol. The van der Waals surface area contributed by atoms with Crippen molar-refractivity contribution in [2.75, 3.05) is 24.6 Å². The topological polar surface area (TPSA) is 96.4 Å². The van der Waals surface area contributed by atoms with E-state index < -0.39 is 9.84 Å². The molecule has 1 aromatic heterocycles. The van der Waals surface area contributed by atoms with Crippen LogP contribution in [0.1, 0.15) is 40.1 Å². The number of likely N-dealkylation sites (tertiary alicyclic amines) is 1. The first-order valence-corrected chi connectivity index (χ1v) is 9.53. The molecule has 0 aromatic carbocycles. The van der Waals surface area contributed by atoms with E-state index in [4.69, 9.17) is 0 Å². The van der Waals surface area contributed by atoms with Crippen molar-refractivity contribution >= 4 is 21.7 Å². The zero-order valence-electron chi connectivity index (χ0n) is 12.7. The normalized spacial score (nSPS) is 23.0. The lowest BCUT2D eigenvalue weighted by Crippen LogP contribution is -2.36. The maximum Gasteiger partial charge on any atom is 0.272 e. The highest BCUT2D eigenvalue weighted by Gasteiger charge is 2.29. The lowest BCUT2D eigenvalue weighted by molar-refractivity contribution is 0.0787. The van der Waals surface area contributed by atoms with Crippen molar-refractivity contribution in [2.45, 2.75) is 25.3 Å². The van der Waals surface area contributed by atoms with Gasteiger partial charge in [0, 0.05) is 30.9 Å². The Morgan fingerprint density at radius 2 is 2.00 bits per heavy atom. The van der Waals surface area contributed by atoms with E-state index in [-0.39, 0.29) is 35.1 Å². The Labute approximate surface area is 135 Å². The maximum absolute atomic E-state index is 12.3. The first-order chi connectivity index (χ1) is 10.9. The monoisotopic (exact) mass is 337 g/mol. The van der Waals surface area contributed by atoms with Crippen LogP contribution >= 0.6 is 0 Å². The van der Waals surface area contributed by atoms with Crippen LogP contribution in [0.25, 0.3) is 0 Å². The molecule has 1 atom stereocenters. The van der Waals surface area contributed by atoms with E-state index in [1.54, 1.807) is 4.90 Å². The van der Waals surface area contributed by atoms with E-state index in [2.05, 4.69) is 10.3 Å². The van der Waals surface area contributed by atoms with E-state index in [9.17, 15) is 18.0 Å².